The summed E-state index contributed by atoms with van der Waals surface area (Å²) in [4.78, 5) is 5.15. The zero-order valence-electron chi connectivity index (χ0n) is 11.9. The molecule has 0 amide bonds. The molecule has 0 radical (unpaired) electrons. The lowest BCUT2D eigenvalue weighted by atomic mass is 10.2. The molecule has 4 rings (SSSR count). The maximum absolute atomic E-state index is 13.1. The van der Waals surface area contributed by atoms with Crippen molar-refractivity contribution in [1.29, 1.82) is 0 Å². The van der Waals surface area contributed by atoms with E-state index in [1.807, 2.05) is 28.0 Å². The summed E-state index contributed by atoms with van der Waals surface area (Å²) >= 11 is 3.11. The molecule has 0 bridgehead atoms. The van der Waals surface area contributed by atoms with Crippen LogP contribution in [0.15, 0.2) is 59.2 Å². The highest BCUT2D eigenvalue weighted by atomic mass is 32.2. The van der Waals surface area contributed by atoms with E-state index >= 15 is 0 Å². The van der Waals surface area contributed by atoms with E-state index in [-0.39, 0.29) is 5.82 Å². The summed E-state index contributed by atoms with van der Waals surface area (Å²) in [6, 6.07) is 12.3. The van der Waals surface area contributed by atoms with Crippen molar-refractivity contribution in [3.05, 3.63) is 65.6 Å². The Bertz CT molecular complexity index is 932. The van der Waals surface area contributed by atoms with Crippen molar-refractivity contribution in [2.75, 3.05) is 0 Å². The van der Waals surface area contributed by atoms with Gasteiger partial charge in [0.1, 0.15) is 5.82 Å². The number of aromatic nitrogens is 4. The number of hydrogen-bond donors (Lipinski definition) is 0. The van der Waals surface area contributed by atoms with E-state index in [1.165, 1.54) is 23.5 Å². The van der Waals surface area contributed by atoms with Gasteiger partial charge in [0.05, 0.1) is 11.4 Å². The van der Waals surface area contributed by atoms with E-state index in [9.17, 15) is 4.39 Å². The van der Waals surface area contributed by atoms with E-state index in [1.54, 1.807) is 30.1 Å². The van der Waals surface area contributed by atoms with Crippen LogP contribution in [-0.2, 0) is 5.75 Å². The molecule has 0 saturated carbocycles. The zero-order chi connectivity index (χ0) is 15.6. The molecular formula is C16H11FN4S2. The van der Waals surface area contributed by atoms with Gasteiger partial charge < -0.3 is 0 Å². The van der Waals surface area contributed by atoms with Gasteiger partial charge in [-0.05, 0) is 42.0 Å². The molecule has 4 nitrogen and oxygen atoms in total. The summed E-state index contributed by atoms with van der Waals surface area (Å²) in [5.41, 5.74) is 2.91. The third-order valence-electron chi connectivity index (χ3n) is 3.34. The Morgan fingerprint density at radius 2 is 1.96 bits per heavy atom. The molecule has 0 atom stereocenters. The summed E-state index contributed by atoms with van der Waals surface area (Å²) in [5.74, 6) is 0.481. The summed E-state index contributed by atoms with van der Waals surface area (Å²) in [6.07, 6.45) is 1.78. The minimum atomic E-state index is -0.242. The van der Waals surface area contributed by atoms with Gasteiger partial charge in [-0.15, -0.1) is 21.5 Å². The summed E-state index contributed by atoms with van der Waals surface area (Å²) in [6.45, 7) is 0. The molecule has 0 spiro atoms. The van der Waals surface area contributed by atoms with Crippen LogP contribution in [0.3, 0.4) is 0 Å². The minimum absolute atomic E-state index is 0.242. The lowest BCUT2D eigenvalue weighted by Gasteiger charge is -2.03. The molecule has 3 heterocycles. The Labute approximate surface area is 140 Å². The zero-order valence-corrected chi connectivity index (χ0v) is 13.5. The highest BCUT2D eigenvalue weighted by molar-refractivity contribution is 7.98. The van der Waals surface area contributed by atoms with Crippen molar-refractivity contribution >= 4 is 28.1 Å². The van der Waals surface area contributed by atoms with Crippen molar-refractivity contribution in [2.45, 2.75) is 10.9 Å². The first-order chi connectivity index (χ1) is 11.3. The van der Waals surface area contributed by atoms with Gasteiger partial charge in [0, 0.05) is 17.3 Å². The lowest BCUT2D eigenvalue weighted by Crippen LogP contribution is -1.91. The number of halogens is 1. The monoisotopic (exact) mass is 342 g/mol. The van der Waals surface area contributed by atoms with E-state index in [0.29, 0.717) is 0 Å². The highest BCUT2D eigenvalue weighted by Gasteiger charge is 2.14. The van der Waals surface area contributed by atoms with E-state index in [2.05, 4.69) is 15.2 Å². The van der Waals surface area contributed by atoms with Crippen LogP contribution in [0.1, 0.15) is 5.69 Å². The van der Waals surface area contributed by atoms with Crippen LogP contribution in [0.2, 0.25) is 0 Å². The number of hydrogen-bond acceptors (Lipinski definition) is 5. The van der Waals surface area contributed by atoms with Gasteiger partial charge >= 0.3 is 0 Å². The third kappa shape index (κ3) is 2.85. The molecule has 3 aromatic heterocycles. The van der Waals surface area contributed by atoms with Gasteiger partial charge in [0.2, 0.25) is 4.96 Å². The average Bonchev–Trinajstić information content (AvgIpc) is 3.17. The predicted octanol–water partition coefficient (Wildman–Crippen LogP) is 4.28. The van der Waals surface area contributed by atoms with Crippen molar-refractivity contribution in [2.24, 2.45) is 0 Å². The van der Waals surface area contributed by atoms with E-state index in [4.69, 9.17) is 0 Å². The fraction of sp³-hybridized carbons (Fsp3) is 0.0625. The number of thioether (sulfide) groups is 1. The lowest BCUT2D eigenvalue weighted by molar-refractivity contribution is 0.628. The molecule has 23 heavy (non-hydrogen) atoms. The largest absolute Gasteiger partial charge is 0.260 e. The van der Waals surface area contributed by atoms with Crippen molar-refractivity contribution < 1.29 is 4.39 Å². The fourth-order valence-electron chi connectivity index (χ4n) is 2.23. The average molecular weight is 342 g/mol. The van der Waals surface area contributed by atoms with Crippen molar-refractivity contribution in [1.82, 2.24) is 19.6 Å². The predicted molar refractivity (Wildman–Crippen MR) is 90.1 cm³/mol. The fourth-order valence-corrected chi connectivity index (χ4v) is 3.99. The van der Waals surface area contributed by atoms with Gasteiger partial charge in [-0.2, -0.15) is 0 Å². The quantitative estimate of drug-likeness (QED) is 0.519. The van der Waals surface area contributed by atoms with Crippen LogP contribution in [0.5, 0.6) is 0 Å². The third-order valence-corrected chi connectivity index (χ3v) is 5.11. The first kappa shape index (κ1) is 14.3. The first-order valence-electron chi connectivity index (χ1n) is 6.92. The Kier molecular flexibility index (Phi) is 3.80. The molecule has 0 aliphatic heterocycles. The number of thiazole rings is 1. The number of benzene rings is 1. The topological polar surface area (TPSA) is 43.1 Å². The van der Waals surface area contributed by atoms with Crippen molar-refractivity contribution in [3.8, 4) is 11.3 Å². The van der Waals surface area contributed by atoms with Gasteiger partial charge in [-0.3, -0.25) is 9.38 Å². The first-order valence-corrected chi connectivity index (χ1v) is 8.79. The normalized spacial score (nSPS) is 11.2. The maximum atomic E-state index is 13.1. The summed E-state index contributed by atoms with van der Waals surface area (Å²) < 4.78 is 15.1. The van der Waals surface area contributed by atoms with E-state index < -0.39 is 0 Å². The summed E-state index contributed by atoms with van der Waals surface area (Å²) in [7, 11) is 0. The number of pyridine rings is 1. The molecular weight excluding hydrogens is 331 g/mol. The minimum Gasteiger partial charge on any atom is -0.260 e. The molecule has 1 aromatic carbocycles. The molecule has 0 aliphatic carbocycles. The highest BCUT2D eigenvalue weighted by Crippen LogP contribution is 2.30. The smallest absolute Gasteiger partial charge is 0.217 e. The molecule has 7 heteroatoms. The van der Waals surface area contributed by atoms with Crippen LogP contribution >= 0.6 is 23.1 Å². The Morgan fingerprint density at radius 3 is 2.74 bits per heavy atom. The number of rotatable bonds is 4. The van der Waals surface area contributed by atoms with Gasteiger partial charge in [-0.25, -0.2) is 4.39 Å². The number of nitrogens with zero attached hydrogens (tertiary/aromatic N) is 4. The SMILES string of the molecule is Fc1ccc(-c2csc3nnc(SCc4ccccn4)n23)cc1. The molecule has 114 valence electrons. The molecule has 0 aliphatic rings. The molecule has 0 N–H and O–H groups in total. The Morgan fingerprint density at radius 1 is 1.09 bits per heavy atom. The van der Waals surface area contributed by atoms with Crippen LogP contribution < -0.4 is 0 Å². The second kappa shape index (κ2) is 6.10. The van der Waals surface area contributed by atoms with Crippen LogP contribution in [0.4, 0.5) is 4.39 Å². The molecule has 0 saturated heterocycles. The van der Waals surface area contributed by atoms with E-state index in [0.717, 1.165) is 32.8 Å². The molecule has 4 aromatic rings. The maximum Gasteiger partial charge on any atom is 0.217 e. The van der Waals surface area contributed by atoms with Crippen LogP contribution in [0, 0.1) is 5.82 Å². The molecule has 0 unspecified atom stereocenters. The standard InChI is InChI=1S/C16H11FN4S2/c17-12-6-4-11(5-7-12)14-10-23-16-20-19-15(21(14)16)22-9-13-3-1-2-8-18-13/h1-8,10H,9H2. The van der Waals surface area contributed by atoms with Gasteiger partial charge in [0.15, 0.2) is 5.16 Å². The van der Waals surface area contributed by atoms with Gasteiger partial charge in [-0.1, -0.05) is 17.8 Å². The number of fused-ring (bicyclic) bond motifs is 1. The Balaban J connectivity index is 1.68. The van der Waals surface area contributed by atoms with Crippen LogP contribution in [-0.4, -0.2) is 19.6 Å². The molecule has 0 fully saturated rings. The van der Waals surface area contributed by atoms with Crippen molar-refractivity contribution in [3.63, 3.8) is 0 Å². The second-order valence-corrected chi connectivity index (χ2v) is 6.62. The van der Waals surface area contributed by atoms with Gasteiger partial charge in [0.25, 0.3) is 0 Å². The summed E-state index contributed by atoms with van der Waals surface area (Å²) in [5, 5.41) is 11.3. The second-order valence-electron chi connectivity index (χ2n) is 4.84. The Hall–Kier alpha value is -2.25. The van der Waals surface area contributed by atoms with Crippen LogP contribution in [0.25, 0.3) is 16.2 Å².